The zero-order valence-electron chi connectivity index (χ0n) is 12.6. The molecule has 5 nitrogen and oxygen atoms in total. The third kappa shape index (κ3) is 3.62. The topological polar surface area (TPSA) is 60.3 Å². The van der Waals surface area contributed by atoms with Crippen molar-refractivity contribution < 1.29 is 14.3 Å². The second-order valence-electron chi connectivity index (χ2n) is 5.13. The van der Waals surface area contributed by atoms with Crippen LogP contribution in [0.1, 0.15) is 18.9 Å². The van der Waals surface area contributed by atoms with Crippen LogP contribution in [0, 0.1) is 6.92 Å². The first-order chi connectivity index (χ1) is 10.0. The molecule has 0 saturated carbocycles. The number of aromatic nitrogens is 1. The van der Waals surface area contributed by atoms with E-state index in [0.717, 1.165) is 5.52 Å². The van der Waals surface area contributed by atoms with Crippen molar-refractivity contribution in [3.63, 3.8) is 0 Å². The van der Waals surface area contributed by atoms with E-state index in [0.29, 0.717) is 13.0 Å². The second kappa shape index (κ2) is 6.43. The number of aryl methyl sites for hydroxylation is 2. The van der Waals surface area contributed by atoms with Gasteiger partial charge in [0, 0.05) is 24.7 Å². The van der Waals surface area contributed by atoms with Crippen LogP contribution in [-0.2, 0) is 20.9 Å². The SMILES string of the molecule is COC(=O)C(C)NC(=O)CCn1ccc2cc(C)ccc21. The average molecular weight is 288 g/mol. The van der Waals surface area contributed by atoms with Gasteiger partial charge in [-0.2, -0.15) is 0 Å². The van der Waals surface area contributed by atoms with Gasteiger partial charge in [0.05, 0.1) is 7.11 Å². The molecule has 0 aliphatic heterocycles. The van der Waals surface area contributed by atoms with Crippen LogP contribution in [0.3, 0.4) is 0 Å². The van der Waals surface area contributed by atoms with Gasteiger partial charge in [-0.05, 0) is 37.4 Å². The van der Waals surface area contributed by atoms with Gasteiger partial charge in [-0.1, -0.05) is 11.6 Å². The van der Waals surface area contributed by atoms with Gasteiger partial charge in [0.25, 0.3) is 0 Å². The molecule has 0 bridgehead atoms. The molecular weight excluding hydrogens is 268 g/mol. The third-order valence-electron chi connectivity index (χ3n) is 3.44. The molecule has 1 aromatic heterocycles. The fourth-order valence-electron chi connectivity index (χ4n) is 2.29. The van der Waals surface area contributed by atoms with Crippen LogP contribution < -0.4 is 5.32 Å². The number of esters is 1. The van der Waals surface area contributed by atoms with E-state index < -0.39 is 12.0 Å². The number of benzene rings is 1. The molecule has 112 valence electrons. The molecule has 0 aliphatic carbocycles. The molecule has 1 amide bonds. The summed E-state index contributed by atoms with van der Waals surface area (Å²) >= 11 is 0. The number of hydrogen-bond donors (Lipinski definition) is 1. The van der Waals surface area contributed by atoms with Crippen LogP contribution in [0.15, 0.2) is 30.5 Å². The van der Waals surface area contributed by atoms with Gasteiger partial charge < -0.3 is 14.6 Å². The zero-order chi connectivity index (χ0) is 15.4. The highest BCUT2D eigenvalue weighted by Crippen LogP contribution is 2.17. The molecule has 2 aromatic rings. The van der Waals surface area contributed by atoms with E-state index in [4.69, 9.17) is 0 Å². The normalized spacial score (nSPS) is 12.1. The van der Waals surface area contributed by atoms with Gasteiger partial charge in [-0.15, -0.1) is 0 Å². The van der Waals surface area contributed by atoms with Crippen molar-refractivity contribution in [3.05, 3.63) is 36.0 Å². The van der Waals surface area contributed by atoms with Crippen LogP contribution in [0.2, 0.25) is 0 Å². The van der Waals surface area contributed by atoms with E-state index in [1.165, 1.54) is 18.1 Å². The van der Waals surface area contributed by atoms with E-state index in [9.17, 15) is 9.59 Å². The second-order valence-corrected chi connectivity index (χ2v) is 5.13. The molecule has 0 spiro atoms. The lowest BCUT2D eigenvalue weighted by atomic mass is 10.2. The average Bonchev–Trinajstić information content (AvgIpc) is 2.86. The Morgan fingerprint density at radius 2 is 2.10 bits per heavy atom. The number of amides is 1. The lowest BCUT2D eigenvalue weighted by molar-refractivity contribution is -0.144. The molecule has 0 radical (unpaired) electrons. The maximum Gasteiger partial charge on any atom is 0.328 e. The number of hydrogen-bond acceptors (Lipinski definition) is 3. The highest BCUT2D eigenvalue weighted by molar-refractivity contribution is 5.84. The fourth-order valence-corrected chi connectivity index (χ4v) is 2.29. The van der Waals surface area contributed by atoms with Crippen molar-refractivity contribution in [2.45, 2.75) is 32.9 Å². The summed E-state index contributed by atoms with van der Waals surface area (Å²) in [5, 5.41) is 3.79. The van der Waals surface area contributed by atoms with Crippen molar-refractivity contribution in [1.82, 2.24) is 9.88 Å². The van der Waals surface area contributed by atoms with Gasteiger partial charge >= 0.3 is 5.97 Å². The molecule has 1 aromatic carbocycles. The van der Waals surface area contributed by atoms with Crippen LogP contribution in [0.5, 0.6) is 0 Å². The number of ether oxygens (including phenoxy) is 1. The molecule has 0 saturated heterocycles. The Labute approximate surface area is 123 Å². The van der Waals surface area contributed by atoms with Crippen LogP contribution in [-0.4, -0.2) is 29.6 Å². The quantitative estimate of drug-likeness (QED) is 0.856. The predicted molar refractivity (Wildman–Crippen MR) is 80.9 cm³/mol. The van der Waals surface area contributed by atoms with E-state index in [1.54, 1.807) is 6.92 Å². The van der Waals surface area contributed by atoms with E-state index >= 15 is 0 Å². The lowest BCUT2D eigenvalue weighted by Crippen LogP contribution is -2.39. The number of rotatable bonds is 5. The monoisotopic (exact) mass is 288 g/mol. The van der Waals surface area contributed by atoms with Gasteiger partial charge in [-0.25, -0.2) is 4.79 Å². The first kappa shape index (κ1) is 15.1. The summed E-state index contributed by atoms with van der Waals surface area (Å²) in [6, 6.07) is 7.65. The Hall–Kier alpha value is -2.30. The van der Waals surface area contributed by atoms with E-state index in [1.807, 2.05) is 16.8 Å². The van der Waals surface area contributed by atoms with E-state index in [-0.39, 0.29) is 5.91 Å². The Bertz CT molecular complexity index is 661. The van der Waals surface area contributed by atoms with Crippen LogP contribution in [0.4, 0.5) is 0 Å². The minimum Gasteiger partial charge on any atom is -0.467 e. The maximum absolute atomic E-state index is 11.8. The number of nitrogens with zero attached hydrogens (tertiary/aromatic N) is 1. The highest BCUT2D eigenvalue weighted by Gasteiger charge is 2.15. The molecule has 0 aliphatic rings. The fraction of sp³-hybridized carbons (Fsp3) is 0.375. The highest BCUT2D eigenvalue weighted by atomic mass is 16.5. The lowest BCUT2D eigenvalue weighted by Gasteiger charge is -2.12. The molecule has 1 heterocycles. The van der Waals surface area contributed by atoms with Crippen molar-refractivity contribution in [1.29, 1.82) is 0 Å². The summed E-state index contributed by atoms with van der Waals surface area (Å²) in [7, 11) is 1.30. The number of methoxy groups -OCH3 is 1. The van der Waals surface area contributed by atoms with Crippen molar-refractivity contribution in [3.8, 4) is 0 Å². The molecule has 21 heavy (non-hydrogen) atoms. The molecule has 5 heteroatoms. The largest absolute Gasteiger partial charge is 0.467 e. The number of fused-ring (bicyclic) bond motifs is 1. The Morgan fingerprint density at radius 1 is 1.33 bits per heavy atom. The Kier molecular flexibility index (Phi) is 4.62. The summed E-state index contributed by atoms with van der Waals surface area (Å²) in [4.78, 5) is 23.1. The maximum atomic E-state index is 11.8. The first-order valence-corrected chi connectivity index (χ1v) is 6.94. The third-order valence-corrected chi connectivity index (χ3v) is 3.44. The minimum absolute atomic E-state index is 0.165. The first-order valence-electron chi connectivity index (χ1n) is 6.94. The summed E-state index contributed by atoms with van der Waals surface area (Å²) in [5.74, 6) is -0.605. The Balaban J connectivity index is 1.95. The number of carbonyl (C=O) groups excluding carboxylic acids is 2. The summed E-state index contributed by atoms with van der Waals surface area (Å²) < 4.78 is 6.61. The Morgan fingerprint density at radius 3 is 2.81 bits per heavy atom. The molecule has 2 rings (SSSR count). The van der Waals surface area contributed by atoms with Gasteiger partial charge in [0.1, 0.15) is 6.04 Å². The molecule has 1 unspecified atom stereocenters. The van der Waals surface area contributed by atoms with Crippen LogP contribution >= 0.6 is 0 Å². The van der Waals surface area contributed by atoms with Crippen molar-refractivity contribution in [2.75, 3.05) is 7.11 Å². The van der Waals surface area contributed by atoms with Crippen LogP contribution in [0.25, 0.3) is 10.9 Å². The summed E-state index contributed by atoms with van der Waals surface area (Å²) in [5.41, 5.74) is 2.32. The number of nitrogens with one attached hydrogen (secondary N) is 1. The molecular formula is C16H20N2O3. The number of carbonyl (C=O) groups is 2. The molecule has 1 N–H and O–H groups in total. The van der Waals surface area contributed by atoms with E-state index in [2.05, 4.69) is 35.2 Å². The van der Waals surface area contributed by atoms with Gasteiger partial charge in [0.2, 0.25) is 5.91 Å². The molecule has 1 atom stereocenters. The standard InChI is InChI=1S/C16H20N2O3/c1-11-4-5-14-13(10-11)6-8-18(14)9-7-15(19)17-12(2)16(20)21-3/h4-6,8,10,12H,7,9H2,1-3H3,(H,17,19). The summed E-state index contributed by atoms with van der Waals surface area (Å²) in [6.07, 6.45) is 2.29. The van der Waals surface area contributed by atoms with Gasteiger partial charge in [-0.3, -0.25) is 4.79 Å². The molecule has 0 fully saturated rings. The summed E-state index contributed by atoms with van der Waals surface area (Å²) in [6.45, 7) is 4.24. The smallest absolute Gasteiger partial charge is 0.328 e. The van der Waals surface area contributed by atoms with Gasteiger partial charge in [0.15, 0.2) is 0 Å². The van der Waals surface area contributed by atoms with Crippen molar-refractivity contribution in [2.24, 2.45) is 0 Å². The minimum atomic E-state index is -0.619. The predicted octanol–water partition coefficient (Wildman–Crippen LogP) is 2.02. The zero-order valence-corrected chi connectivity index (χ0v) is 12.6. The van der Waals surface area contributed by atoms with Crippen molar-refractivity contribution >= 4 is 22.8 Å².